The summed E-state index contributed by atoms with van der Waals surface area (Å²) >= 11 is 10.00. The summed E-state index contributed by atoms with van der Waals surface area (Å²) in [6.45, 7) is 7.24. The van der Waals surface area contributed by atoms with Gasteiger partial charge in [0, 0.05) is 39.3 Å². The maximum Gasteiger partial charge on any atom is 1.00 e. The minimum atomic E-state index is 0. The van der Waals surface area contributed by atoms with Gasteiger partial charge >= 0.3 is 29.6 Å². The zero-order chi connectivity index (χ0) is 10.7. The Hall–Kier alpha value is 1.03. The van der Waals surface area contributed by atoms with E-state index in [1.54, 1.807) is 0 Å². The number of rotatable bonds is 2. The van der Waals surface area contributed by atoms with Gasteiger partial charge in [0.25, 0.3) is 0 Å². The van der Waals surface area contributed by atoms with Crippen LogP contribution >= 0.6 is 12.2 Å². The van der Waals surface area contributed by atoms with Crippen molar-refractivity contribution in [1.29, 1.82) is 0 Å². The van der Waals surface area contributed by atoms with Gasteiger partial charge in [-0.05, 0) is 12.3 Å². The molecule has 2 saturated heterocycles. The fourth-order valence-corrected chi connectivity index (χ4v) is 2.57. The third-order valence-corrected chi connectivity index (χ3v) is 3.69. The molecule has 0 aliphatic carbocycles. The summed E-state index contributed by atoms with van der Waals surface area (Å²) in [5, 5.41) is 0. The number of hydrogen-bond donors (Lipinski definition) is 0. The van der Waals surface area contributed by atoms with Gasteiger partial charge in [0.05, 0.1) is 6.61 Å². The zero-order valence-corrected chi connectivity index (χ0v) is 13.5. The van der Waals surface area contributed by atoms with E-state index in [0.717, 1.165) is 45.3 Å². The van der Waals surface area contributed by atoms with Crippen LogP contribution in [0.15, 0.2) is 0 Å². The Morgan fingerprint density at radius 3 is 2.50 bits per heavy atom. The van der Waals surface area contributed by atoms with Gasteiger partial charge in [-0.25, -0.2) is 0 Å². The second-order valence-corrected chi connectivity index (χ2v) is 5.31. The van der Waals surface area contributed by atoms with Crippen molar-refractivity contribution in [1.82, 2.24) is 9.80 Å². The van der Waals surface area contributed by atoms with Crippen molar-refractivity contribution in [2.45, 2.75) is 6.42 Å². The number of nitrogens with zero attached hydrogens (tertiary/aromatic N) is 2. The molecule has 0 amide bonds. The molecular weight excluding hydrogens is 251 g/mol. The second-order valence-electron chi connectivity index (χ2n) is 4.28. The van der Waals surface area contributed by atoms with Crippen molar-refractivity contribution < 1.29 is 34.3 Å². The van der Waals surface area contributed by atoms with Gasteiger partial charge in [-0.2, -0.15) is 0 Å². The van der Waals surface area contributed by atoms with Crippen LogP contribution in [0.4, 0.5) is 0 Å². The first-order valence-electron chi connectivity index (χ1n) is 5.52. The van der Waals surface area contributed by atoms with Crippen LogP contribution in [0.5, 0.6) is 0 Å². The van der Waals surface area contributed by atoms with Crippen LogP contribution in [0.2, 0.25) is 0 Å². The number of piperazine rings is 1. The molecule has 0 aromatic carbocycles. The van der Waals surface area contributed by atoms with Crippen molar-refractivity contribution in [3.63, 3.8) is 0 Å². The van der Waals surface area contributed by atoms with Crippen LogP contribution in [0, 0.1) is 5.92 Å². The smallest absolute Gasteiger partial charge is 0.411 e. The van der Waals surface area contributed by atoms with Crippen LogP contribution in [-0.2, 0) is 17.4 Å². The van der Waals surface area contributed by atoms with E-state index in [-0.39, 0.29) is 29.6 Å². The van der Waals surface area contributed by atoms with Crippen molar-refractivity contribution in [3.8, 4) is 0 Å². The van der Waals surface area contributed by atoms with Crippen molar-refractivity contribution >= 4 is 29.2 Å². The molecule has 2 aliphatic rings. The Kier molecular flexibility index (Phi) is 7.04. The fraction of sp³-hybridized carbons (Fsp3) is 0.900. The van der Waals surface area contributed by atoms with Gasteiger partial charge in [-0.3, -0.25) is 4.90 Å². The molecule has 2 fully saturated rings. The average molecular weight is 268 g/mol. The van der Waals surface area contributed by atoms with Crippen molar-refractivity contribution in [2.75, 3.05) is 45.9 Å². The summed E-state index contributed by atoms with van der Waals surface area (Å²) in [5.74, 6) is 0.743. The molecule has 2 aliphatic heterocycles. The van der Waals surface area contributed by atoms with E-state index in [1.807, 2.05) is 0 Å². The van der Waals surface area contributed by atoms with Gasteiger partial charge in [0.15, 0.2) is 0 Å². The molecule has 0 N–H and O–H groups in total. The average Bonchev–Trinajstić information content (AvgIpc) is 2.71. The minimum Gasteiger partial charge on any atom is -0.411 e. The van der Waals surface area contributed by atoms with E-state index in [0.29, 0.717) is 4.32 Å². The van der Waals surface area contributed by atoms with Gasteiger partial charge in [0.1, 0.15) is 0 Å². The summed E-state index contributed by atoms with van der Waals surface area (Å²) in [4.78, 5) is 4.62. The van der Waals surface area contributed by atoms with E-state index in [4.69, 9.17) is 29.6 Å². The molecular formula is C10H17N2NaOS2. The maximum atomic E-state index is 5.38. The van der Waals surface area contributed by atoms with Crippen LogP contribution in [-0.4, -0.2) is 60.1 Å². The largest absolute Gasteiger partial charge is 1.00 e. The molecule has 0 radical (unpaired) electrons. The Labute approximate surface area is 131 Å². The summed E-state index contributed by atoms with van der Waals surface area (Å²) in [6.07, 6.45) is 1.22. The van der Waals surface area contributed by atoms with E-state index < -0.39 is 0 Å². The molecule has 16 heavy (non-hydrogen) atoms. The summed E-state index contributed by atoms with van der Waals surface area (Å²) < 4.78 is 6.01. The van der Waals surface area contributed by atoms with Crippen LogP contribution in [0.25, 0.3) is 0 Å². The maximum absolute atomic E-state index is 5.38. The normalized spacial score (nSPS) is 26.5. The molecule has 0 spiro atoms. The van der Waals surface area contributed by atoms with E-state index in [2.05, 4.69) is 9.80 Å². The van der Waals surface area contributed by atoms with Crippen LogP contribution in [0.1, 0.15) is 6.42 Å². The third kappa shape index (κ3) is 4.37. The molecule has 1 unspecified atom stereocenters. The topological polar surface area (TPSA) is 15.7 Å². The number of hydrogen-bond acceptors (Lipinski definition) is 4. The fourth-order valence-electron chi connectivity index (χ4n) is 2.21. The van der Waals surface area contributed by atoms with Crippen molar-refractivity contribution in [3.05, 3.63) is 0 Å². The van der Waals surface area contributed by atoms with Crippen LogP contribution in [0.3, 0.4) is 0 Å². The molecule has 0 aromatic heterocycles. The number of thiocarbonyl (C=S) groups is 1. The molecule has 1 atom stereocenters. The van der Waals surface area contributed by atoms with Gasteiger partial charge in [-0.15, -0.1) is 0 Å². The summed E-state index contributed by atoms with van der Waals surface area (Å²) in [5.41, 5.74) is 0. The van der Waals surface area contributed by atoms with Gasteiger partial charge < -0.3 is 34.5 Å². The first-order chi connectivity index (χ1) is 7.25. The molecule has 0 saturated carbocycles. The Morgan fingerprint density at radius 1 is 1.31 bits per heavy atom. The predicted octanol–water partition coefficient (Wildman–Crippen LogP) is -2.52. The Balaban J connectivity index is 0.00000128. The Morgan fingerprint density at radius 2 is 2.00 bits per heavy atom. The van der Waals surface area contributed by atoms with Gasteiger partial charge in [0.2, 0.25) is 0 Å². The van der Waals surface area contributed by atoms with Crippen molar-refractivity contribution in [2.24, 2.45) is 5.92 Å². The van der Waals surface area contributed by atoms with Crippen LogP contribution < -0.4 is 29.6 Å². The van der Waals surface area contributed by atoms with Gasteiger partial charge in [-0.1, -0.05) is 4.32 Å². The standard InChI is InChI=1S/C10H18N2OS2.Na/c14-10(15)12-4-2-11(3-5-12)7-9-1-6-13-8-9;/h9H,1-8H2,(H,14,15);/q;+1/p-1. The quantitative estimate of drug-likeness (QED) is 0.311. The molecule has 86 valence electrons. The zero-order valence-electron chi connectivity index (χ0n) is 9.85. The number of ether oxygens (including phenoxy) is 1. The second kappa shape index (κ2) is 7.46. The molecule has 6 heteroatoms. The molecule has 2 heterocycles. The monoisotopic (exact) mass is 268 g/mol. The predicted molar refractivity (Wildman–Crippen MR) is 66.9 cm³/mol. The first-order valence-corrected chi connectivity index (χ1v) is 6.33. The summed E-state index contributed by atoms with van der Waals surface area (Å²) in [6, 6.07) is 0. The van der Waals surface area contributed by atoms with E-state index in [9.17, 15) is 0 Å². The molecule has 2 rings (SSSR count). The minimum absolute atomic E-state index is 0. The third-order valence-electron chi connectivity index (χ3n) is 3.17. The first kappa shape index (κ1) is 15.1. The molecule has 0 bridgehead atoms. The van der Waals surface area contributed by atoms with E-state index >= 15 is 0 Å². The molecule has 3 nitrogen and oxygen atoms in total. The molecule has 0 aromatic rings. The Bertz CT molecular complexity index is 229. The summed E-state index contributed by atoms with van der Waals surface area (Å²) in [7, 11) is 0. The SMILES string of the molecule is S=C([S-])N1CCN(CC2CCOC2)CC1.[Na+]. The van der Waals surface area contributed by atoms with E-state index in [1.165, 1.54) is 13.0 Å².